The first kappa shape index (κ1) is 24.1. The van der Waals surface area contributed by atoms with Crippen molar-refractivity contribution in [1.82, 2.24) is 10.3 Å². The Labute approximate surface area is 199 Å². The smallest absolute Gasteiger partial charge is 0.334 e. The molecule has 8 heteroatoms. The van der Waals surface area contributed by atoms with E-state index < -0.39 is 5.97 Å². The summed E-state index contributed by atoms with van der Waals surface area (Å²) in [6.45, 7) is 6.62. The first-order valence-electron chi connectivity index (χ1n) is 11.9. The van der Waals surface area contributed by atoms with Gasteiger partial charge in [0, 0.05) is 42.8 Å². The quantitative estimate of drug-likeness (QED) is 0.271. The van der Waals surface area contributed by atoms with Gasteiger partial charge in [-0.1, -0.05) is 18.7 Å². The van der Waals surface area contributed by atoms with E-state index >= 15 is 0 Å². The number of carbonyl (C=O) groups is 3. The van der Waals surface area contributed by atoms with Crippen LogP contribution in [0.5, 0.6) is 0 Å². The van der Waals surface area contributed by atoms with Crippen LogP contribution in [0, 0.1) is 5.92 Å². The molecule has 1 amide bonds. The topological polar surface area (TPSA) is 107 Å². The van der Waals surface area contributed by atoms with E-state index in [1.165, 1.54) is 0 Å². The molecule has 34 heavy (non-hydrogen) atoms. The summed E-state index contributed by atoms with van der Waals surface area (Å²) in [7, 11) is 0. The summed E-state index contributed by atoms with van der Waals surface area (Å²) in [6, 6.07) is 5.65. The van der Waals surface area contributed by atoms with Crippen LogP contribution in [-0.4, -0.2) is 53.8 Å². The Hall–Kier alpha value is -3.00. The molecule has 0 bridgehead atoms. The van der Waals surface area contributed by atoms with Gasteiger partial charge in [-0.15, -0.1) is 0 Å². The van der Waals surface area contributed by atoms with E-state index in [0.29, 0.717) is 31.4 Å². The number of ether oxygens (including phenoxy) is 3. The van der Waals surface area contributed by atoms with Crippen LogP contribution < -0.4 is 5.32 Å². The molecule has 1 N–H and O–H groups in total. The van der Waals surface area contributed by atoms with E-state index in [4.69, 9.17) is 14.2 Å². The maximum atomic E-state index is 12.2. The standard InChI is InChI=1S/C26H32N2O6/c1-17-20-9-8-18(6-5-13-26(2)24(34-26)23(20)33-25(17)31)16-32-22(30)11-10-21(29)28-15-12-19-7-3-4-14-27-19/h3-4,6-7,14,20,23-24H,1,5,8-13,15-16H2,2H3,(H,28,29)/b18-6+/t20-,23-,24-,26+/m0/s1. The number of pyridine rings is 1. The summed E-state index contributed by atoms with van der Waals surface area (Å²) >= 11 is 0. The molecule has 182 valence electrons. The Bertz CT molecular complexity index is 975. The highest BCUT2D eigenvalue weighted by molar-refractivity contribution is 5.91. The maximum absolute atomic E-state index is 12.2. The van der Waals surface area contributed by atoms with Crippen LogP contribution in [0.4, 0.5) is 0 Å². The third kappa shape index (κ3) is 5.91. The van der Waals surface area contributed by atoms with Crippen LogP contribution in [0.1, 0.15) is 51.1 Å². The second kappa shape index (κ2) is 10.5. The monoisotopic (exact) mass is 468 g/mol. The molecule has 0 spiro atoms. The van der Waals surface area contributed by atoms with Crippen molar-refractivity contribution in [3.8, 4) is 0 Å². The fourth-order valence-corrected chi connectivity index (χ4v) is 4.68. The number of esters is 2. The minimum atomic E-state index is -0.405. The molecule has 2 saturated heterocycles. The van der Waals surface area contributed by atoms with Crippen molar-refractivity contribution in [2.45, 2.75) is 69.7 Å². The molecule has 0 aromatic carbocycles. The molecular formula is C26H32N2O6. The highest BCUT2D eigenvalue weighted by Gasteiger charge is 2.61. The second-order valence-electron chi connectivity index (χ2n) is 9.37. The zero-order chi connectivity index (χ0) is 24.1. The summed E-state index contributed by atoms with van der Waals surface area (Å²) < 4.78 is 16.9. The Balaban J connectivity index is 1.20. The number of nitrogens with one attached hydrogen (secondary N) is 1. The number of epoxide rings is 1. The van der Waals surface area contributed by atoms with E-state index in [1.807, 2.05) is 25.1 Å². The summed E-state index contributed by atoms with van der Waals surface area (Å²) in [6.07, 6.45) is 7.17. The van der Waals surface area contributed by atoms with Crippen molar-refractivity contribution < 1.29 is 28.6 Å². The normalized spacial score (nSPS) is 29.7. The van der Waals surface area contributed by atoms with Gasteiger partial charge in [0.05, 0.1) is 12.0 Å². The Morgan fingerprint density at radius 1 is 1.32 bits per heavy atom. The van der Waals surface area contributed by atoms with Crippen LogP contribution >= 0.6 is 0 Å². The lowest BCUT2D eigenvalue weighted by atomic mass is 9.84. The van der Waals surface area contributed by atoms with Gasteiger partial charge in [0.2, 0.25) is 5.91 Å². The average molecular weight is 469 g/mol. The van der Waals surface area contributed by atoms with Crippen LogP contribution in [-0.2, 0) is 35.0 Å². The average Bonchev–Trinajstić information content (AvgIpc) is 3.42. The van der Waals surface area contributed by atoms with Crippen LogP contribution in [0.2, 0.25) is 0 Å². The summed E-state index contributed by atoms with van der Waals surface area (Å²) in [5.74, 6) is -1.03. The van der Waals surface area contributed by atoms with Crippen molar-refractivity contribution in [3.05, 3.63) is 53.9 Å². The molecule has 8 nitrogen and oxygen atoms in total. The maximum Gasteiger partial charge on any atom is 0.334 e. The van der Waals surface area contributed by atoms with Gasteiger partial charge in [-0.05, 0) is 50.3 Å². The second-order valence-corrected chi connectivity index (χ2v) is 9.37. The number of hydrogen-bond donors (Lipinski definition) is 1. The number of carbonyl (C=O) groups excluding carboxylic acids is 3. The molecule has 1 aromatic rings. The van der Waals surface area contributed by atoms with Crippen molar-refractivity contribution >= 4 is 17.8 Å². The number of amides is 1. The third-order valence-electron chi connectivity index (χ3n) is 6.84. The molecule has 0 unspecified atom stereocenters. The van der Waals surface area contributed by atoms with Crippen molar-refractivity contribution in [2.75, 3.05) is 13.2 Å². The first-order chi connectivity index (χ1) is 16.4. The molecule has 1 aliphatic carbocycles. The van der Waals surface area contributed by atoms with Gasteiger partial charge in [0.1, 0.15) is 18.8 Å². The number of allylic oxidation sites excluding steroid dienone is 1. The summed E-state index contributed by atoms with van der Waals surface area (Å²) in [5, 5.41) is 2.80. The molecule has 4 atom stereocenters. The van der Waals surface area contributed by atoms with Gasteiger partial charge >= 0.3 is 11.9 Å². The lowest BCUT2D eigenvalue weighted by Crippen LogP contribution is -2.29. The van der Waals surface area contributed by atoms with E-state index in [2.05, 4.69) is 23.0 Å². The highest BCUT2D eigenvalue weighted by atomic mass is 16.6. The third-order valence-corrected chi connectivity index (χ3v) is 6.84. The van der Waals surface area contributed by atoms with Crippen LogP contribution in [0.3, 0.4) is 0 Å². The fraction of sp³-hybridized carbons (Fsp3) is 0.538. The van der Waals surface area contributed by atoms with Crippen molar-refractivity contribution in [3.63, 3.8) is 0 Å². The van der Waals surface area contributed by atoms with Gasteiger partial charge < -0.3 is 19.5 Å². The lowest BCUT2D eigenvalue weighted by Gasteiger charge is -2.20. The zero-order valence-electron chi connectivity index (χ0n) is 19.6. The molecule has 4 rings (SSSR count). The van der Waals surface area contributed by atoms with Gasteiger partial charge in [0.25, 0.3) is 0 Å². The predicted octanol–water partition coefficient (Wildman–Crippen LogP) is 2.82. The molecule has 1 aromatic heterocycles. The molecule has 0 saturated carbocycles. The van der Waals surface area contributed by atoms with Gasteiger partial charge in [-0.3, -0.25) is 14.6 Å². The van der Waals surface area contributed by atoms with E-state index in [9.17, 15) is 14.4 Å². The molecule has 2 aliphatic heterocycles. The Morgan fingerprint density at radius 3 is 2.97 bits per heavy atom. The van der Waals surface area contributed by atoms with Crippen LogP contribution in [0.25, 0.3) is 0 Å². The Kier molecular flexibility index (Phi) is 7.46. The van der Waals surface area contributed by atoms with Crippen LogP contribution in [0.15, 0.2) is 48.2 Å². The van der Waals surface area contributed by atoms with E-state index in [-0.39, 0.29) is 55.1 Å². The summed E-state index contributed by atoms with van der Waals surface area (Å²) in [5.41, 5.74) is 2.10. The SMILES string of the molecule is C=C1C(=O)O[C@H]2[C@H]1CC/C(COC(=O)CCC(=O)NCCc1ccccn1)=C\CC[C@@]1(C)O[C@@H]21. The van der Waals surface area contributed by atoms with Crippen molar-refractivity contribution in [1.29, 1.82) is 0 Å². The van der Waals surface area contributed by atoms with Gasteiger partial charge in [-0.25, -0.2) is 4.79 Å². The van der Waals surface area contributed by atoms with Gasteiger partial charge in [-0.2, -0.15) is 0 Å². The number of hydrogen-bond acceptors (Lipinski definition) is 7. The highest BCUT2D eigenvalue weighted by Crippen LogP contribution is 2.49. The number of rotatable bonds is 8. The minimum absolute atomic E-state index is 0.0279. The molecule has 0 radical (unpaired) electrons. The molecular weight excluding hydrogens is 436 g/mol. The van der Waals surface area contributed by atoms with Crippen molar-refractivity contribution in [2.24, 2.45) is 5.92 Å². The Morgan fingerprint density at radius 2 is 2.18 bits per heavy atom. The first-order valence-corrected chi connectivity index (χ1v) is 11.9. The number of nitrogens with zero attached hydrogens (tertiary/aromatic N) is 1. The largest absolute Gasteiger partial charge is 0.461 e. The van der Waals surface area contributed by atoms with E-state index in [0.717, 1.165) is 24.1 Å². The number of aromatic nitrogens is 1. The van der Waals surface area contributed by atoms with E-state index in [1.54, 1.807) is 6.20 Å². The lowest BCUT2D eigenvalue weighted by molar-refractivity contribution is -0.144. The number of fused-ring (bicyclic) bond motifs is 3. The molecule has 2 fully saturated rings. The fourth-order valence-electron chi connectivity index (χ4n) is 4.68. The summed E-state index contributed by atoms with van der Waals surface area (Å²) in [4.78, 5) is 40.5. The predicted molar refractivity (Wildman–Crippen MR) is 123 cm³/mol. The van der Waals surface area contributed by atoms with Gasteiger partial charge in [0.15, 0.2) is 0 Å². The minimum Gasteiger partial charge on any atom is -0.461 e. The zero-order valence-corrected chi connectivity index (χ0v) is 19.6. The molecule has 3 aliphatic rings. The molecule has 3 heterocycles.